The van der Waals surface area contributed by atoms with Crippen molar-refractivity contribution in [2.75, 3.05) is 0 Å². The fraction of sp³-hybridized carbons (Fsp3) is 0.900. The Balaban J connectivity index is 2.45. The van der Waals surface area contributed by atoms with Crippen LogP contribution in [0.1, 0.15) is 44.9 Å². The summed E-state index contributed by atoms with van der Waals surface area (Å²) in [7, 11) is 0. The number of alkyl halides is 2. The van der Waals surface area contributed by atoms with Crippen molar-refractivity contribution < 1.29 is 13.6 Å². The van der Waals surface area contributed by atoms with Crippen LogP contribution in [0.5, 0.6) is 0 Å². The average molecular weight is 225 g/mol. The monoisotopic (exact) mass is 224 g/mol. The SMILES string of the molecule is O=C(Cl)C(F)(F)CC1CCCCCC1. The van der Waals surface area contributed by atoms with Crippen molar-refractivity contribution >= 4 is 16.8 Å². The molecule has 0 heterocycles. The Hall–Kier alpha value is -0.180. The molecule has 1 rings (SSSR count). The lowest BCUT2D eigenvalue weighted by Crippen LogP contribution is -2.27. The molecule has 0 aliphatic heterocycles. The van der Waals surface area contributed by atoms with Crippen molar-refractivity contribution in [3.05, 3.63) is 0 Å². The van der Waals surface area contributed by atoms with E-state index in [0.717, 1.165) is 38.5 Å². The second-order valence-corrected chi connectivity index (χ2v) is 4.38. The van der Waals surface area contributed by atoms with Crippen LogP contribution >= 0.6 is 11.6 Å². The molecule has 0 radical (unpaired) electrons. The standard InChI is InChI=1S/C10H15ClF2O/c11-9(14)10(12,13)7-8-5-3-1-2-4-6-8/h8H,1-7H2. The minimum absolute atomic E-state index is 0.0322. The molecule has 0 unspecified atom stereocenters. The maximum atomic E-state index is 13.0. The lowest BCUT2D eigenvalue weighted by Gasteiger charge is -2.18. The first-order valence-corrected chi connectivity index (χ1v) is 5.48. The van der Waals surface area contributed by atoms with E-state index in [1.807, 2.05) is 0 Å². The zero-order valence-electron chi connectivity index (χ0n) is 8.07. The Morgan fingerprint density at radius 2 is 1.71 bits per heavy atom. The lowest BCUT2D eigenvalue weighted by atomic mass is 9.93. The average Bonchev–Trinajstić information content (AvgIpc) is 2.32. The first-order valence-electron chi connectivity index (χ1n) is 5.10. The van der Waals surface area contributed by atoms with Gasteiger partial charge < -0.3 is 0 Å². The highest BCUT2D eigenvalue weighted by atomic mass is 35.5. The molecule has 1 nitrogen and oxygen atoms in total. The van der Waals surface area contributed by atoms with E-state index in [1.54, 1.807) is 0 Å². The quantitative estimate of drug-likeness (QED) is 0.527. The second kappa shape index (κ2) is 5.06. The Labute approximate surface area is 87.8 Å². The Bertz CT molecular complexity index is 198. The largest absolute Gasteiger partial charge is 0.320 e. The molecule has 1 aliphatic rings. The van der Waals surface area contributed by atoms with Gasteiger partial charge in [0.15, 0.2) is 0 Å². The summed E-state index contributed by atoms with van der Waals surface area (Å²) in [4.78, 5) is 10.4. The molecule has 0 N–H and O–H groups in total. The zero-order chi connectivity index (χ0) is 10.6. The highest BCUT2D eigenvalue weighted by molar-refractivity contribution is 6.65. The van der Waals surface area contributed by atoms with Crippen molar-refractivity contribution in [3.63, 3.8) is 0 Å². The number of rotatable bonds is 3. The highest BCUT2D eigenvalue weighted by Gasteiger charge is 2.39. The maximum Gasteiger partial charge on any atom is 0.320 e. The van der Waals surface area contributed by atoms with Crippen LogP contribution in [0.25, 0.3) is 0 Å². The Morgan fingerprint density at radius 3 is 2.14 bits per heavy atom. The molecule has 1 saturated carbocycles. The van der Waals surface area contributed by atoms with Crippen molar-refractivity contribution in [3.8, 4) is 0 Å². The van der Waals surface area contributed by atoms with E-state index in [9.17, 15) is 13.6 Å². The van der Waals surface area contributed by atoms with Crippen molar-refractivity contribution in [2.24, 2.45) is 5.92 Å². The number of hydrogen-bond donors (Lipinski definition) is 0. The first-order chi connectivity index (χ1) is 6.52. The van der Waals surface area contributed by atoms with Crippen LogP contribution in [0.3, 0.4) is 0 Å². The van der Waals surface area contributed by atoms with Crippen molar-refractivity contribution in [1.82, 2.24) is 0 Å². The van der Waals surface area contributed by atoms with Gasteiger partial charge in [-0.1, -0.05) is 38.5 Å². The summed E-state index contributed by atoms with van der Waals surface area (Å²) < 4.78 is 26.0. The van der Waals surface area contributed by atoms with Gasteiger partial charge in [0.2, 0.25) is 0 Å². The van der Waals surface area contributed by atoms with Gasteiger partial charge in [-0.2, -0.15) is 8.78 Å². The van der Waals surface area contributed by atoms with Gasteiger partial charge in [0.25, 0.3) is 5.24 Å². The van der Waals surface area contributed by atoms with Crippen LogP contribution < -0.4 is 0 Å². The van der Waals surface area contributed by atoms with E-state index < -0.39 is 11.2 Å². The minimum atomic E-state index is -3.32. The molecular formula is C10H15ClF2O. The molecule has 0 spiro atoms. The topological polar surface area (TPSA) is 17.1 Å². The van der Waals surface area contributed by atoms with Gasteiger partial charge in [-0.05, 0) is 17.5 Å². The first kappa shape index (κ1) is 11.9. The van der Waals surface area contributed by atoms with Gasteiger partial charge in [0.1, 0.15) is 0 Å². The fourth-order valence-corrected chi connectivity index (χ4v) is 2.09. The van der Waals surface area contributed by atoms with Gasteiger partial charge in [0.05, 0.1) is 0 Å². The van der Waals surface area contributed by atoms with Crippen LogP contribution in [0, 0.1) is 5.92 Å². The molecular weight excluding hydrogens is 210 g/mol. The molecule has 0 aromatic heterocycles. The molecule has 0 aromatic carbocycles. The summed E-state index contributed by atoms with van der Waals surface area (Å²) >= 11 is 4.84. The lowest BCUT2D eigenvalue weighted by molar-refractivity contribution is -0.136. The van der Waals surface area contributed by atoms with Crippen molar-refractivity contribution in [2.45, 2.75) is 50.9 Å². The summed E-state index contributed by atoms with van der Waals surface area (Å²) in [6, 6.07) is 0. The van der Waals surface area contributed by atoms with E-state index in [1.165, 1.54) is 0 Å². The van der Waals surface area contributed by atoms with E-state index >= 15 is 0 Å². The van der Waals surface area contributed by atoms with E-state index in [0.29, 0.717) is 0 Å². The number of carbonyl (C=O) groups is 1. The molecule has 0 saturated heterocycles. The fourth-order valence-electron chi connectivity index (χ4n) is 2.01. The molecule has 0 atom stereocenters. The van der Waals surface area contributed by atoms with Gasteiger partial charge in [0, 0.05) is 6.42 Å². The van der Waals surface area contributed by atoms with E-state index in [-0.39, 0.29) is 12.3 Å². The van der Waals surface area contributed by atoms with Gasteiger partial charge in [-0.25, -0.2) is 0 Å². The molecule has 0 bridgehead atoms. The number of carbonyl (C=O) groups excluding carboxylic acids is 1. The van der Waals surface area contributed by atoms with E-state index in [4.69, 9.17) is 11.6 Å². The maximum absolute atomic E-state index is 13.0. The van der Waals surface area contributed by atoms with Gasteiger partial charge >= 0.3 is 5.92 Å². The number of halogens is 3. The smallest absolute Gasteiger partial charge is 0.274 e. The second-order valence-electron chi connectivity index (χ2n) is 4.04. The molecule has 1 aliphatic carbocycles. The molecule has 0 amide bonds. The summed E-state index contributed by atoms with van der Waals surface area (Å²) in [6.07, 6.45) is 5.48. The van der Waals surface area contributed by atoms with Crippen LogP contribution in [0.15, 0.2) is 0 Å². The summed E-state index contributed by atoms with van der Waals surface area (Å²) in [5.74, 6) is -3.36. The van der Waals surface area contributed by atoms with E-state index in [2.05, 4.69) is 0 Å². The molecule has 82 valence electrons. The predicted octanol–water partition coefficient (Wildman–Crippen LogP) is 3.75. The molecule has 0 aromatic rings. The Morgan fingerprint density at radius 1 is 1.21 bits per heavy atom. The van der Waals surface area contributed by atoms with Crippen LogP contribution in [0.4, 0.5) is 8.78 Å². The normalized spacial score (nSPS) is 20.5. The molecule has 1 fully saturated rings. The molecule has 14 heavy (non-hydrogen) atoms. The zero-order valence-corrected chi connectivity index (χ0v) is 8.83. The van der Waals surface area contributed by atoms with Crippen LogP contribution in [0.2, 0.25) is 0 Å². The summed E-state index contributed by atoms with van der Waals surface area (Å²) in [5, 5.41) is -1.51. The summed E-state index contributed by atoms with van der Waals surface area (Å²) in [6.45, 7) is 0. The van der Waals surface area contributed by atoms with Crippen LogP contribution in [-0.2, 0) is 4.79 Å². The van der Waals surface area contributed by atoms with Crippen molar-refractivity contribution in [1.29, 1.82) is 0 Å². The molecule has 4 heteroatoms. The summed E-state index contributed by atoms with van der Waals surface area (Å²) in [5.41, 5.74) is 0. The highest BCUT2D eigenvalue weighted by Crippen LogP contribution is 2.33. The third-order valence-corrected chi connectivity index (χ3v) is 3.08. The number of hydrogen-bond acceptors (Lipinski definition) is 1. The predicted molar refractivity (Wildman–Crippen MR) is 51.6 cm³/mol. The minimum Gasteiger partial charge on any atom is -0.274 e. The third kappa shape index (κ3) is 3.52. The van der Waals surface area contributed by atoms with Gasteiger partial charge in [-0.15, -0.1) is 0 Å². The Kier molecular flexibility index (Phi) is 4.30. The third-order valence-electron chi connectivity index (χ3n) is 2.81. The van der Waals surface area contributed by atoms with Gasteiger partial charge in [-0.3, -0.25) is 4.79 Å². The van der Waals surface area contributed by atoms with Crippen LogP contribution in [-0.4, -0.2) is 11.2 Å².